The fourth-order valence-corrected chi connectivity index (χ4v) is 9.92. The molecule has 0 saturated carbocycles. The van der Waals surface area contributed by atoms with Gasteiger partial charge in [0.15, 0.2) is 0 Å². The Balaban J connectivity index is 1.01. The van der Waals surface area contributed by atoms with Gasteiger partial charge in [-0.3, -0.25) is 0 Å². The summed E-state index contributed by atoms with van der Waals surface area (Å²) in [5, 5.41) is 8.58. The lowest BCUT2D eigenvalue weighted by atomic mass is 9.82. The second kappa shape index (κ2) is 12.4. The molecular weight excluding hydrogens is 701 g/mol. The van der Waals surface area contributed by atoms with Crippen LogP contribution in [-0.4, -0.2) is 9.55 Å². The molecule has 0 fully saturated rings. The highest BCUT2D eigenvalue weighted by Gasteiger charge is 2.35. The van der Waals surface area contributed by atoms with Crippen LogP contribution in [0, 0.1) is 0 Å². The predicted molar refractivity (Wildman–Crippen MR) is 245 cm³/mol. The standard InChI is InChI=1S/C56H38N2/c1-56(2)50-22-11-10-20-44(50)47-32-36(23-27-51(47)56)38-25-30-54-49(34-38)48-33-37(24-29-53(48)58(54)40-15-4-3-5-16-40)35-13-12-14-39(31-35)52-28-26-46-43-19-7-6-17-41(43)42-18-8-9-21-45(42)55(46)57-52/h3-34H,1-2H3. The Morgan fingerprint density at radius 1 is 0.362 bits per heavy atom. The van der Waals surface area contributed by atoms with E-state index in [0.717, 1.165) is 22.5 Å². The number of aromatic nitrogens is 2. The predicted octanol–water partition coefficient (Wildman–Crippen LogP) is 14.9. The maximum atomic E-state index is 5.36. The summed E-state index contributed by atoms with van der Waals surface area (Å²) in [6, 6.07) is 71.3. The van der Waals surface area contributed by atoms with Crippen LogP contribution in [0.3, 0.4) is 0 Å². The normalized spacial score (nSPS) is 13.1. The molecule has 0 atom stereocenters. The highest BCUT2D eigenvalue weighted by Crippen LogP contribution is 2.50. The van der Waals surface area contributed by atoms with Crippen molar-refractivity contribution in [3.05, 3.63) is 205 Å². The van der Waals surface area contributed by atoms with E-state index in [9.17, 15) is 0 Å². The average Bonchev–Trinajstić information content (AvgIpc) is 3.73. The zero-order valence-electron chi connectivity index (χ0n) is 32.4. The van der Waals surface area contributed by atoms with Gasteiger partial charge in [0.25, 0.3) is 0 Å². The minimum absolute atomic E-state index is 0.0150. The fraction of sp³-hybridized carbons (Fsp3) is 0.0536. The summed E-state index contributed by atoms with van der Waals surface area (Å²) in [7, 11) is 0. The monoisotopic (exact) mass is 738 g/mol. The molecule has 1 aliphatic rings. The molecule has 0 unspecified atom stereocenters. The molecule has 12 rings (SSSR count). The summed E-state index contributed by atoms with van der Waals surface area (Å²) in [6.07, 6.45) is 0. The third-order valence-corrected chi connectivity index (χ3v) is 12.8. The summed E-state index contributed by atoms with van der Waals surface area (Å²) in [5.74, 6) is 0. The van der Waals surface area contributed by atoms with E-state index in [4.69, 9.17) is 4.98 Å². The highest BCUT2D eigenvalue weighted by atomic mass is 15.0. The van der Waals surface area contributed by atoms with Gasteiger partial charge >= 0.3 is 0 Å². The van der Waals surface area contributed by atoms with Gasteiger partial charge in [-0.25, -0.2) is 4.98 Å². The summed E-state index contributed by atoms with van der Waals surface area (Å²) < 4.78 is 2.41. The van der Waals surface area contributed by atoms with Crippen molar-refractivity contribution < 1.29 is 0 Å². The molecule has 2 heteroatoms. The molecule has 272 valence electrons. The van der Waals surface area contributed by atoms with Crippen molar-refractivity contribution in [3.63, 3.8) is 0 Å². The number of nitrogens with zero attached hydrogens (tertiary/aromatic N) is 2. The van der Waals surface area contributed by atoms with Crippen molar-refractivity contribution in [2.45, 2.75) is 19.3 Å². The third-order valence-electron chi connectivity index (χ3n) is 12.8. The zero-order valence-corrected chi connectivity index (χ0v) is 32.4. The molecule has 0 amide bonds. The second-order valence-electron chi connectivity index (χ2n) is 16.3. The van der Waals surface area contributed by atoms with Crippen LogP contribution in [-0.2, 0) is 5.41 Å². The fourth-order valence-electron chi connectivity index (χ4n) is 9.92. The van der Waals surface area contributed by atoms with Crippen LogP contribution in [0.25, 0.3) is 105 Å². The molecule has 0 aliphatic heterocycles. The molecular formula is C56H38N2. The molecule has 58 heavy (non-hydrogen) atoms. The maximum Gasteiger partial charge on any atom is 0.0794 e. The molecule has 2 heterocycles. The quantitative estimate of drug-likeness (QED) is 0.164. The van der Waals surface area contributed by atoms with E-state index in [1.807, 2.05) is 0 Å². The lowest BCUT2D eigenvalue weighted by Gasteiger charge is -2.21. The summed E-state index contributed by atoms with van der Waals surface area (Å²) in [4.78, 5) is 5.36. The lowest BCUT2D eigenvalue weighted by Crippen LogP contribution is -2.14. The van der Waals surface area contributed by atoms with Gasteiger partial charge in [-0.1, -0.05) is 147 Å². The second-order valence-corrected chi connectivity index (χ2v) is 16.3. The lowest BCUT2D eigenvalue weighted by molar-refractivity contribution is 0.660. The first-order valence-corrected chi connectivity index (χ1v) is 20.2. The van der Waals surface area contributed by atoms with Gasteiger partial charge in [-0.2, -0.15) is 0 Å². The van der Waals surface area contributed by atoms with Gasteiger partial charge in [-0.15, -0.1) is 0 Å². The van der Waals surface area contributed by atoms with Gasteiger partial charge in [0, 0.05) is 38.2 Å². The SMILES string of the molecule is CC1(C)c2ccccc2-c2cc(-c3ccc4c(c3)c3cc(-c5cccc(-c6ccc7c8ccccc8c8ccccc8c7n6)c5)ccc3n4-c3ccccc3)ccc21. The molecule has 2 aromatic heterocycles. The van der Waals surface area contributed by atoms with Crippen LogP contribution in [0.5, 0.6) is 0 Å². The minimum Gasteiger partial charge on any atom is -0.309 e. The van der Waals surface area contributed by atoms with E-state index in [-0.39, 0.29) is 5.41 Å². The summed E-state index contributed by atoms with van der Waals surface area (Å²) in [6.45, 7) is 4.69. The average molecular weight is 739 g/mol. The number of para-hydroxylation sites is 1. The van der Waals surface area contributed by atoms with Crippen LogP contribution < -0.4 is 0 Å². The molecule has 0 bridgehead atoms. The molecule has 11 aromatic rings. The van der Waals surface area contributed by atoms with E-state index >= 15 is 0 Å². The zero-order chi connectivity index (χ0) is 38.5. The number of hydrogen-bond donors (Lipinski definition) is 0. The van der Waals surface area contributed by atoms with E-state index in [1.54, 1.807) is 0 Å². The highest BCUT2D eigenvalue weighted by molar-refractivity contribution is 6.24. The van der Waals surface area contributed by atoms with Gasteiger partial charge in [0.05, 0.1) is 22.2 Å². The van der Waals surface area contributed by atoms with Gasteiger partial charge < -0.3 is 4.57 Å². The Hall–Kier alpha value is -7.29. The molecule has 0 radical (unpaired) electrons. The molecule has 0 spiro atoms. The first kappa shape index (κ1) is 32.9. The van der Waals surface area contributed by atoms with Gasteiger partial charge in [0.2, 0.25) is 0 Å². The maximum absolute atomic E-state index is 5.36. The van der Waals surface area contributed by atoms with Crippen LogP contribution in [0.15, 0.2) is 194 Å². The van der Waals surface area contributed by atoms with Crippen molar-refractivity contribution in [2.24, 2.45) is 0 Å². The Kier molecular flexibility index (Phi) is 7.01. The number of hydrogen-bond acceptors (Lipinski definition) is 1. The minimum atomic E-state index is -0.0150. The van der Waals surface area contributed by atoms with E-state index < -0.39 is 0 Å². The topological polar surface area (TPSA) is 17.8 Å². The number of pyridine rings is 1. The number of fused-ring (bicyclic) bond motifs is 12. The molecule has 2 nitrogen and oxygen atoms in total. The first-order valence-electron chi connectivity index (χ1n) is 20.2. The first-order chi connectivity index (χ1) is 28.5. The molecule has 1 aliphatic carbocycles. The van der Waals surface area contributed by atoms with E-state index in [0.29, 0.717) is 0 Å². The van der Waals surface area contributed by atoms with Crippen molar-refractivity contribution in [1.29, 1.82) is 0 Å². The molecule has 9 aromatic carbocycles. The number of benzene rings is 9. The van der Waals surface area contributed by atoms with Crippen LogP contribution in [0.2, 0.25) is 0 Å². The summed E-state index contributed by atoms with van der Waals surface area (Å²) >= 11 is 0. The van der Waals surface area contributed by atoms with Crippen LogP contribution in [0.1, 0.15) is 25.0 Å². The van der Waals surface area contributed by atoms with Crippen LogP contribution >= 0.6 is 0 Å². The van der Waals surface area contributed by atoms with Gasteiger partial charge in [-0.05, 0) is 121 Å². The van der Waals surface area contributed by atoms with Crippen LogP contribution in [0.4, 0.5) is 0 Å². The smallest absolute Gasteiger partial charge is 0.0794 e. The Bertz CT molecular complexity index is 3440. The number of rotatable bonds is 4. The third kappa shape index (κ3) is 4.82. The molecule has 0 N–H and O–H groups in total. The van der Waals surface area contributed by atoms with E-state index in [1.165, 1.54) is 93.2 Å². The van der Waals surface area contributed by atoms with E-state index in [2.05, 4.69) is 213 Å². The van der Waals surface area contributed by atoms with Gasteiger partial charge in [0.1, 0.15) is 0 Å². The van der Waals surface area contributed by atoms with Crippen molar-refractivity contribution in [3.8, 4) is 50.3 Å². The Morgan fingerprint density at radius 2 is 0.897 bits per heavy atom. The van der Waals surface area contributed by atoms with Crippen molar-refractivity contribution in [2.75, 3.05) is 0 Å². The van der Waals surface area contributed by atoms with Crippen molar-refractivity contribution >= 4 is 54.3 Å². The Morgan fingerprint density at radius 3 is 1.62 bits per heavy atom. The Labute approximate surface area is 337 Å². The van der Waals surface area contributed by atoms with Crippen molar-refractivity contribution in [1.82, 2.24) is 9.55 Å². The largest absolute Gasteiger partial charge is 0.309 e. The molecule has 0 saturated heterocycles. The summed E-state index contributed by atoms with van der Waals surface area (Å²) in [5.41, 5.74) is 16.9.